The van der Waals surface area contributed by atoms with Crippen LogP contribution in [0.3, 0.4) is 0 Å². The molecule has 1 amide bonds. The van der Waals surface area contributed by atoms with Crippen LogP contribution in [0.5, 0.6) is 5.75 Å². The molecule has 3 aromatic carbocycles. The van der Waals surface area contributed by atoms with E-state index < -0.39 is 0 Å². The van der Waals surface area contributed by atoms with Gasteiger partial charge in [-0.15, -0.1) is 0 Å². The van der Waals surface area contributed by atoms with Crippen LogP contribution in [-0.4, -0.2) is 11.1 Å². The monoisotopic (exact) mass is 584 g/mol. The Morgan fingerprint density at radius 3 is 2.48 bits per heavy atom. The molecule has 3 aromatic rings. The first-order chi connectivity index (χ1) is 15.8. The van der Waals surface area contributed by atoms with E-state index in [-0.39, 0.29) is 18.3 Å². The Morgan fingerprint density at radius 2 is 1.79 bits per heavy atom. The topological polar surface area (TPSA) is 50.7 Å². The third-order valence-electron chi connectivity index (χ3n) is 4.39. The van der Waals surface area contributed by atoms with Crippen molar-refractivity contribution in [3.8, 4) is 5.75 Å². The van der Waals surface area contributed by atoms with E-state index in [1.807, 2.05) is 6.07 Å². The molecule has 33 heavy (non-hydrogen) atoms. The molecule has 10 heteroatoms. The molecule has 168 valence electrons. The van der Waals surface area contributed by atoms with E-state index in [2.05, 4.69) is 26.2 Å². The van der Waals surface area contributed by atoms with E-state index >= 15 is 0 Å². The summed E-state index contributed by atoms with van der Waals surface area (Å²) in [4.78, 5) is 17.1. The van der Waals surface area contributed by atoms with E-state index in [0.29, 0.717) is 46.6 Å². The van der Waals surface area contributed by atoms with Gasteiger partial charge in [0, 0.05) is 0 Å². The zero-order valence-electron chi connectivity index (χ0n) is 16.5. The smallest absolute Gasteiger partial charge is 0.264 e. The number of hydrogen-bond acceptors (Lipinski definition) is 4. The molecule has 0 spiro atoms. The van der Waals surface area contributed by atoms with Crippen LogP contribution in [0.2, 0.25) is 15.1 Å². The maximum absolute atomic E-state index is 13.1. The first-order valence-corrected chi connectivity index (χ1v) is 12.1. The van der Waals surface area contributed by atoms with Gasteiger partial charge < -0.3 is 10.1 Å². The highest BCUT2D eigenvalue weighted by Crippen LogP contribution is 2.37. The van der Waals surface area contributed by atoms with Gasteiger partial charge in [0.05, 0.1) is 30.1 Å². The van der Waals surface area contributed by atoms with Crippen LogP contribution in [0.15, 0.2) is 69.0 Å². The lowest BCUT2D eigenvalue weighted by atomic mass is 10.2. The van der Waals surface area contributed by atoms with E-state index in [1.165, 1.54) is 36.0 Å². The van der Waals surface area contributed by atoms with Crippen LogP contribution in [0.25, 0.3) is 6.08 Å². The second-order valence-corrected chi connectivity index (χ2v) is 9.92. The van der Waals surface area contributed by atoms with Gasteiger partial charge in [-0.3, -0.25) is 4.79 Å². The van der Waals surface area contributed by atoms with Gasteiger partial charge >= 0.3 is 0 Å². The summed E-state index contributed by atoms with van der Waals surface area (Å²) in [5, 5.41) is 4.39. The number of rotatable bonds is 5. The molecule has 0 saturated carbocycles. The number of benzene rings is 3. The summed E-state index contributed by atoms with van der Waals surface area (Å²) in [5.41, 5.74) is 2.08. The summed E-state index contributed by atoms with van der Waals surface area (Å²) in [6.07, 6.45) is 1.70. The molecule has 0 radical (unpaired) electrons. The molecule has 1 N–H and O–H groups in total. The van der Waals surface area contributed by atoms with Crippen LogP contribution in [0.1, 0.15) is 11.1 Å². The third-order valence-corrected chi connectivity index (χ3v) is 6.91. The number of ether oxygens (including phenoxy) is 1. The molecule has 1 fully saturated rings. The number of carbonyl (C=O) groups excluding carboxylic acids is 1. The lowest BCUT2D eigenvalue weighted by molar-refractivity contribution is -0.115. The Morgan fingerprint density at radius 1 is 1.03 bits per heavy atom. The quantitative estimate of drug-likeness (QED) is 0.308. The van der Waals surface area contributed by atoms with Crippen molar-refractivity contribution in [2.45, 2.75) is 6.61 Å². The number of aliphatic imine (C=N–C) groups is 1. The summed E-state index contributed by atoms with van der Waals surface area (Å²) in [5.74, 6) is -0.172. The van der Waals surface area contributed by atoms with Crippen LogP contribution >= 0.6 is 62.5 Å². The van der Waals surface area contributed by atoms with Gasteiger partial charge in [-0.25, -0.2) is 9.38 Å². The molecular formula is C23H13BrCl3FN2O2S. The van der Waals surface area contributed by atoms with Crippen molar-refractivity contribution < 1.29 is 13.9 Å². The highest BCUT2D eigenvalue weighted by atomic mass is 79.9. The van der Waals surface area contributed by atoms with Crippen LogP contribution in [-0.2, 0) is 11.4 Å². The van der Waals surface area contributed by atoms with E-state index in [4.69, 9.17) is 39.5 Å². The number of nitrogens with zero attached hydrogens (tertiary/aromatic N) is 1. The molecule has 1 aliphatic rings. The first-order valence-electron chi connectivity index (χ1n) is 9.39. The van der Waals surface area contributed by atoms with Gasteiger partial charge in [-0.05, 0) is 93.4 Å². The number of thioether (sulfide) groups is 1. The molecule has 1 saturated heterocycles. The highest BCUT2D eigenvalue weighted by molar-refractivity contribution is 9.10. The second-order valence-electron chi connectivity index (χ2n) is 6.81. The Hall–Kier alpha value is -2.03. The Bertz CT molecular complexity index is 1280. The van der Waals surface area contributed by atoms with Gasteiger partial charge in [-0.1, -0.05) is 40.9 Å². The average molecular weight is 587 g/mol. The SMILES string of the molecule is O=C1NC(=Nc2ccc(F)cc2)S/C1=C/c1cc(Cl)c(OCc2ccc(Cl)c(Cl)c2)c(Br)c1. The molecular weight excluding hydrogens is 574 g/mol. The Kier molecular flexibility index (Phi) is 7.66. The normalized spacial score (nSPS) is 15.8. The maximum Gasteiger partial charge on any atom is 0.264 e. The van der Waals surface area contributed by atoms with Crippen molar-refractivity contribution in [2.24, 2.45) is 4.99 Å². The lowest BCUT2D eigenvalue weighted by Crippen LogP contribution is -2.19. The fraction of sp³-hybridized carbons (Fsp3) is 0.0435. The van der Waals surface area contributed by atoms with Crippen LogP contribution in [0, 0.1) is 5.82 Å². The summed E-state index contributed by atoms with van der Waals surface area (Å²) in [6.45, 7) is 0.247. The summed E-state index contributed by atoms with van der Waals surface area (Å²) < 4.78 is 19.5. The van der Waals surface area contributed by atoms with Crippen molar-refractivity contribution in [1.29, 1.82) is 0 Å². The largest absolute Gasteiger partial charge is 0.486 e. The van der Waals surface area contributed by atoms with E-state index in [9.17, 15) is 9.18 Å². The number of carbonyl (C=O) groups is 1. The molecule has 4 rings (SSSR count). The number of amides is 1. The molecule has 0 unspecified atom stereocenters. The maximum atomic E-state index is 13.1. The molecule has 0 atom stereocenters. The zero-order valence-corrected chi connectivity index (χ0v) is 21.2. The van der Waals surface area contributed by atoms with Crippen LogP contribution < -0.4 is 10.1 Å². The first kappa shape index (κ1) is 24.1. The number of amidine groups is 1. The third kappa shape index (κ3) is 6.11. The molecule has 1 aliphatic heterocycles. The van der Waals surface area contributed by atoms with Gasteiger partial charge in [-0.2, -0.15) is 0 Å². The zero-order chi connectivity index (χ0) is 23.5. The molecule has 0 bridgehead atoms. The van der Waals surface area contributed by atoms with Gasteiger partial charge in [0.15, 0.2) is 10.9 Å². The van der Waals surface area contributed by atoms with E-state index in [0.717, 1.165) is 5.56 Å². The second kappa shape index (κ2) is 10.5. The Balaban J connectivity index is 1.49. The van der Waals surface area contributed by atoms with Gasteiger partial charge in [0.2, 0.25) is 0 Å². The minimum Gasteiger partial charge on any atom is -0.486 e. The highest BCUT2D eigenvalue weighted by Gasteiger charge is 2.24. The molecule has 1 heterocycles. The van der Waals surface area contributed by atoms with Gasteiger partial charge in [0.25, 0.3) is 5.91 Å². The van der Waals surface area contributed by atoms with Crippen LogP contribution in [0.4, 0.5) is 10.1 Å². The lowest BCUT2D eigenvalue weighted by Gasteiger charge is -2.12. The predicted molar refractivity (Wildman–Crippen MR) is 137 cm³/mol. The minimum atomic E-state index is -0.352. The standard InChI is InChI=1S/C23H13BrCl3FN2O2S/c24-16-7-13(9-19(27)21(16)32-11-12-1-6-17(25)18(26)8-12)10-20-22(31)30-23(33-20)29-15-4-2-14(28)3-5-15/h1-10H,11H2,(H,29,30,31)/b20-10+. The summed E-state index contributed by atoms with van der Waals surface area (Å²) in [6, 6.07) is 14.4. The molecule has 0 aromatic heterocycles. The summed E-state index contributed by atoms with van der Waals surface area (Å²) in [7, 11) is 0. The fourth-order valence-corrected chi connectivity index (χ4v) is 5.00. The van der Waals surface area contributed by atoms with Crippen molar-refractivity contribution in [1.82, 2.24) is 5.32 Å². The van der Waals surface area contributed by atoms with Crippen molar-refractivity contribution in [3.05, 3.63) is 96.0 Å². The van der Waals surface area contributed by atoms with Crippen molar-refractivity contribution >= 4 is 85.3 Å². The number of hydrogen-bond donors (Lipinski definition) is 1. The average Bonchev–Trinajstić information content (AvgIpc) is 3.10. The van der Waals surface area contributed by atoms with Crippen molar-refractivity contribution in [2.75, 3.05) is 0 Å². The van der Waals surface area contributed by atoms with E-state index in [1.54, 1.807) is 30.3 Å². The Labute approximate surface area is 216 Å². The molecule has 4 nitrogen and oxygen atoms in total. The predicted octanol–water partition coefficient (Wildman–Crippen LogP) is 8.02. The fourth-order valence-electron chi connectivity index (χ4n) is 2.85. The number of halogens is 5. The van der Waals surface area contributed by atoms with Crippen molar-refractivity contribution in [3.63, 3.8) is 0 Å². The summed E-state index contributed by atoms with van der Waals surface area (Å²) >= 11 is 23.1. The minimum absolute atomic E-state index is 0.247. The molecule has 0 aliphatic carbocycles. The number of nitrogens with one attached hydrogen (secondary N) is 1. The van der Waals surface area contributed by atoms with Gasteiger partial charge in [0.1, 0.15) is 12.4 Å².